The van der Waals surface area contributed by atoms with Crippen molar-refractivity contribution < 1.29 is 19.4 Å². The summed E-state index contributed by atoms with van der Waals surface area (Å²) in [5.41, 5.74) is 3.74. The van der Waals surface area contributed by atoms with E-state index in [1.54, 1.807) is 17.1 Å². The molecule has 0 spiro atoms. The number of ether oxygens (including phenoxy) is 1. The lowest BCUT2D eigenvalue weighted by atomic mass is 9.90. The minimum absolute atomic E-state index is 0.00747. The molecule has 1 unspecified atom stereocenters. The Kier molecular flexibility index (Phi) is 7.93. The smallest absolute Gasteiger partial charge is 0.336 e. The Morgan fingerprint density at radius 2 is 1.71 bits per heavy atom. The van der Waals surface area contributed by atoms with Crippen molar-refractivity contribution >= 4 is 17.6 Å². The normalized spacial score (nSPS) is 15.2. The van der Waals surface area contributed by atoms with E-state index >= 15 is 0 Å². The van der Waals surface area contributed by atoms with Gasteiger partial charge in [-0.3, -0.25) is 4.79 Å². The summed E-state index contributed by atoms with van der Waals surface area (Å²) in [6.45, 7) is 2.92. The Labute approximate surface area is 205 Å². The lowest BCUT2D eigenvalue weighted by molar-refractivity contribution is -0.132. The van der Waals surface area contributed by atoms with Gasteiger partial charge in [-0.2, -0.15) is 5.10 Å². The number of rotatable bonds is 11. The van der Waals surface area contributed by atoms with Gasteiger partial charge >= 0.3 is 5.97 Å². The summed E-state index contributed by atoms with van der Waals surface area (Å²) in [5, 5.41) is 15.7. The largest absolute Gasteiger partial charge is 0.492 e. The number of benzene rings is 3. The van der Waals surface area contributed by atoms with Crippen molar-refractivity contribution in [3.8, 4) is 16.9 Å². The van der Waals surface area contributed by atoms with Crippen LogP contribution in [0.4, 0.5) is 0 Å². The average molecular weight is 471 g/mol. The van der Waals surface area contributed by atoms with E-state index in [4.69, 9.17) is 4.74 Å². The first-order valence-corrected chi connectivity index (χ1v) is 12.0. The fraction of sp³-hybridized carbons (Fsp3) is 0.276. The molecule has 1 heterocycles. The van der Waals surface area contributed by atoms with Crippen LogP contribution >= 0.6 is 0 Å². The third-order valence-electron chi connectivity index (χ3n) is 6.17. The molecule has 1 aliphatic heterocycles. The molecule has 1 aliphatic rings. The van der Waals surface area contributed by atoms with E-state index in [1.807, 2.05) is 66.7 Å². The summed E-state index contributed by atoms with van der Waals surface area (Å²) in [7, 11) is 0. The zero-order valence-corrected chi connectivity index (χ0v) is 19.9. The van der Waals surface area contributed by atoms with Crippen LogP contribution in [0.2, 0.25) is 0 Å². The standard InChI is InChI=1S/C29H30N2O4/c1-2-3-13-27-26(28(32)31(30-27)18-19-35-23-9-5-4-6-10-23)20-21-14-16-22(17-15-21)24-11-7-8-12-25(24)29(33)34/h4-12,14-17,26H,2-3,13,18-20H2,1H3,(H,33,34). The molecule has 6 heteroatoms. The molecule has 0 saturated carbocycles. The monoisotopic (exact) mass is 470 g/mol. The molecule has 0 aromatic heterocycles. The van der Waals surface area contributed by atoms with E-state index in [2.05, 4.69) is 12.0 Å². The number of amides is 1. The first kappa shape index (κ1) is 24.2. The van der Waals surface area contributed by atoms with Gasteiger partial charge < -0.3 is 9.84 Å². The van der Waals surface area contributed by atoms with Crippen LogP contribution in [0.1, 0.15) is 42.1 Å². The molecule has 0 saturated heterocycles. The molecule has 180 valence electrons. The van der Waals surface area contributed by atoms with Gasteiger partial charge in [0.05, 0.1) is 23.7 Å². The highest BCUT2D eigenvalue weighted by Gasteiger charge is 2.35. The molecule has 3 aromatic rings. The van der Waals surface area contributed by atoms with Crippen molar-refractivity contribution in [1.29, 1.82) is 0 Å². The van der Waals surface area contributed by atoms with Crippen LogP contribution in [0.15, 0.2) is 84.0 Å². The second-order valence-corrected chi connectivity index (χ2v) is 8.62. The summed E-state index contributed by atoms with van der Waals surface area (Å²) in [5.74, 6) is -0.451. The number of carbonyl (C=O) groups is 2. The number of hydrogen-bond donors (Lipinski definition) is 1. The number of para-hydroxylation sites is 1. The Morgan fingerprint density at radius 1 is 1.00 bits per heavy atom. The number of carboxylic acids is 1. The molecule has 6 nitrogen and oxygen atoms in total. The number of carbonyl (C=O) groups excluding carboxylic acids is 1. The Balaban J connectivity index is 1.44. The van der Waals surface area contributed by atoms with Crippen LogP contribution in [-0.4, -0.2) is 40.9 Å². The van der Waals surface area contributed by atoms with E-state index in [0.29, 0.717) is 25.1 Å². The van der Waals surface area contributed by atoms with Crippen LogP contribution in [0, 0.1) is 5.92 Å². The molecule has 3 aromatic carbocycles. The SMILES string of the molecule is CCCCC1=NN(CCOc2ccccc2)C(=O)C1Cc1ccc(-c2ccccc2C(=O)O)cc1. The molecule has 4 rings (SSSR count). The minimum Gasteiger partial charge on any atom is -0.492 e. The molecule has 1 atom stereocenters. The van der Waals surface area contributed by atoms with Crippen molar-refractivity contribution in [2.75, 3.05) is 13.2 Å². The molecule has 1 amide bonds. The van der Waals surface area contributed by atoms with Gasteiger partial charge in [0.1, 0.15) is 12.4 Å². The highest BCUT2D eigenvalue weighted by Crippen LogP contribution is 2.27. The predicted octanol–water partition coefficient (Wildman–Crippen LogP) is 5.68. The maximum Gasteiger partial charge on any atom is 0.336 e. The van der Waals surface area contributed by atoms with Crippen LogP contribution in [0.3, 0.4) is 0 Å². The van der Waals surface area contributed by atoms with Crippen molar-refractivity contribution in [3.63, 3.8) is 0 Å². The van der Waals surface area contributed by atoms with E-state index < -0.39 is 5.97 Å². The van der Waals surface area contributed by atoms with Gasteiger partial charge in [-0.15, -0.1) is 0 Å². The Morgan fingerprint density at radius 3 is 2.43 bits per heavy atom. The highest BCUT2D eigenvalue weighted by atomic mass is 16.5. The van der Waals surface area contributed by atoms with Gasteiger partial charge in [0.15, 0.2) is 0 Å². The summed E-state index contributed by atoms with van der Waals surface area (Å²) in [6, 6.07) is 24.3. The lowest BCUT2D eigenvalue weighted by Gasteiger charge is -2.15. The summed E-state index contributed by atoms with van der Waals surface area (Å²) in [4.78, 5) is 24.8. The second kappa shape index (κ2) is 11.5. The zero-order valence-electron chi connectivity index (χ0n) is 19.9. The van der Waals surface area contributed by atoms with E-state index in [0.717, 1.165) is 41.9 Å². The third-order valence-corrected chi connectivity index (χ3v) is 6.17. The maximum atomic E-state index is 13.2. The van der Waals surface area contributed by atoms with E-state index in [9.17, 15) is 14.7 Å². The summed E-state index contributed by atoms with van der Waals surface area (Å²) >= 11 is 0. The second-order valence-electron chi connectivity index (χ2n) is 8.62. The fourth-order valence-corrected chi connectivity index (χ4v) is 4.29. The molecule has 0 radical (unpaired) electrons. The minimum atomic E-state index is -0.950. The number of carboxylic acid groups (broad SMARTS) is 1. The number of nitrogens with zero attached hydrogens (tertiary/aromatic N) is 2. The van der Waals surface area contributed by atoms with Gasteiger partial charge in [0.2, 0.25) is 0 Å². The molecule has 0 bridgehead atoms. The van der Waals surface area contributed by atoms with Gasteiger partial charge in [0.25, 0.3) is 5.91 Å². The van der Waals surface area contributed by atoms with Crippen LogP contribution in [0.5, 0.6) is 5.75 Å². The van der Waals surface area contributed by atoms with Crippen LogP contribution in [0.25, 0.3) is 11.1 Å². The number of unbranched alkanes of at least 4 members (excludes halogenated alkanes) is 1. The fourth-order valence-electron chi connectivity index (χ4n) is 4.29. The number of hydrogen-bond acceptors (Lipinski definition) is 4. The highest BCUT2D eigenvalue weighted by molar-refractivity contribution is 6.08. The van der Waals surface area contributed by atoms with Crippen molar-refractivity contribution in [2.45, 2.75) is 32.6 Å². The van der Waals surface area contributed by atoms with Gasteiger partial charge in [-0.25, -0.2) is 9.80 Å². The molecule has 0 fully saturated rings. The van der Waals surface area contributed by atoms with Gasteiger partial charge in [0, 0.05) is 0 Å². The quantitative estimate of drug-likeness (QED) is 0.391. The molecular formula is C29H30N2O4. The van der Waals surface area contributed by atoms with Gasteiger partial charge in [-0.1, -0.05) is 74.0 Å². The lowest BCUT2D eigenvalue weighted by Crippen LogP contribution is -2.31. The first-order chi connectivity index (χ1) is 17.1. The topological polar surface area (TPSA) is 79.2 Å². The number of aromatic carboxylic acids is 1. The van der Waals surface area contributed by atoms with Crippen molar-refractivity contribution in [3.05, 3.63) is 90.0 Å². The van der Waals surface area contributed by atoms with Gasteiger partial charge in [-0.05, 0) is 54.2 Å². The van der Waals surface area contributed by atoms with E-state index in [1.165, 1.54) is 0 Å². The first-order valence-electron chi connectivity index (χ1n) is 12.0. The maximum absolute atomic E-state index is 13.2. The summed E-state index contributed by atoms with van der Waals surface area (Å²) < 4.78 is 5.76. The van der Waals surface area contributed by atoms with Crippen molar-refractivity contribution in [2.24, 2.45) is 11.0 Å². The molecular weight excluding hydrogens is 440 g/mol. The third kappa shape index (κ3) is 5.96. The average Bonchev–Trinajstić information content (AvgIpc) is 3.18. The predicted molar refractivity (Wildman–Crippen MR) is 137 cm³/mol. The van der Waals surface area contributed by atoms with Crippen LogP contribution < -0.4 is 4.74 Å². The van der Waals surface area contributed by atoms with E-state index in [-0.39, 0.29) is 17.4 Å². The number of hydrazone groups is 1. The van der Waals surface area contributed by atoms with Crippen molar-refractivity contribution in [1.82, 2.24) is 5.01 Å². The molecule has 1 N–H and O–H groups in total. The van der Waals surface area contributed by atoms with Crippen LogP contribution in [-0.2, 0) is 11.2 Å². The Bertz CT molecular complexity index is 1190. The molecule has 35 heavy (non-hydrogen) atoms. The molecule has 0 aliphatic carbocycles. The summed E-state index contributed by atoms with van der Waals surface area (Å²) in [6.07, 6.45) is 3.39. The Hall–Kier alpha value is -3.93. The zero-order chi connectivity index (χ0) is 24.6.